The SMILES string of the molecule is CC1OCOc2ccc(-c3noc(-c4ccc(C(=O)O)cc4)n3)cc2C23CC4CC(C2)C1C(C4)C3. The summed E-state index contributed by atoms with van der Waals surface area (Å²) >= 11 is 0. The summed E-state index contributed by atoms with van der Waals surface area (Å²) in [6.45, 7) is 2.51. The topological polar surface area (TPSA) is 94.7 Å². The summed E-state index contributed by atoms with van der Waals surface area (Å²) in [6, 6.07) is 12.7. The van der Waals surface area contributed by atoms with E-state index in [1.165, 1.54) is 37.7 Å². The maximum atomic E-state index is 11.1. The second kappa shape index (κ2) is 7.65. The standard InChI is InChI=1S/C28H28N2O5/c1-15-24-20-8-16-9-21(24)13-28(11-16,12-20)22-10-19(6-7-23(22)34-14-33-15)25-29-26(35-30-25)17-2-4-18(5-3-17)27(31)32/h2-7,10,15-16,20-21,24H,8-9,11-14H2,1H3,(H,31,32). The summed E-state index contributed by atoms with van der Waals surface area (Å²) in [5, 5.41) is 13.4. The molecule has 0 saturated heterocycles. The number of fused-ring (bicyclic) bond motifs is 3. The molecule has 7 heteroatoms. The van der Waals surface area contributed by atoms with Gasteiger partial charge in [0.15, 0.2) is 6.79 Å². The molecule has 5 bridgehead atoms. The van der Waals surface area contributed by atoms with E-state index >= 15 is 0 Å². The van der Waals surface area contributed by atoms with Crippen molar-refractivity contribution in [1.29, 1.82) is 0 Å². The Morgan fingerprint density at radius 2 is 1.77 bits per heavy atom. The van der Waals surface area contributed by atoms with Crippen LogP contribution in [0.1, 0.15) is 54.9 Å². The van der Waals surface area contributed by atoms with E-state index in [2.05, 4.69) is 23.1 Å². The number of carbonyl (C=O) groups is 1. The Morgan fingerprint density at radius 1 is 1.03 bits per heavy atom. The van der Waals surface area contributed by atoms with Crippen LogP contribution in [0.4, 0.5) is 0 Å². The van der Waals surface area contributed by atoms with Gasteiger partial charge in [-0.3, -0.25) is 0 Å². The maximum Gasteiger partial charge on any atom is 0.335 e. The second-order valence-electron chi connectivity index (χ2n) is 11.0. The first-order chi connectivity index (χ1) is 17.0. The number of ether oxygens (including phenoxy) is 2. The van der Waals surface area contributed by atoms with Gasteiger partial charge in [-0.15, -0.1) is 0 Å². The Balaban J connectivity index is 1.26. The van der Waals surface area contributed by atoms with Gasteiger partial charge >= 0.3 is 5.97 Å². The quantitative estimate of drug-likeness (QED) is 0.534. The molecule has 1 aromatic heterocycles. The van der Waals surface area contributed by atoms with Crippen molar-refractivity contribution in [3.8, 4) is 28.6 Å². The van der Waals surface area contributed by atoms with Crippen LogP contribution in [0.25, 0.3) is 22.8 Å². The molecule has 3 unspecified atom stereocenters. The van der Waals surface area contributed by atoms with Gasteiger partial charge in [0, 0.05) is 16.7 Å². The van der Waals surface area contributed by atoms with E-state index in [-0.39, 0.29) is 23.9 Å². The molecule has 4 aliphatic carbocycles. The lowest BCUT2D eigenvalue weighted by molar-refractivity contribution is -0.143. The zero-order valence-corrected chi connectivity index (χ0v) is 19.6. The van der Waals surface area contributed by atoms with Crippen LogP contribution >= 0.6 is 0 Å². The molecule has 3 atom stereocenters. The number of benzene rings is 2. The van der Waals surface area contributed by atoms with Crippen LogP contribution in [0.3, 0.4) is 0 Å². The van der Waals surface area contributed by atoms with E-state index in [4.69, 9.17) is 19.1 Å². The van der Waals surface area contributed by atoms with Gasteiger partial charge in [-0.1, -0.05) is 5.16 Å². The Labute approximate surface area is 203 Å². The average molecular weight is 473 g/mol. The van der Waals surface area contributed by atoms with E-state index in [1.807, 2.05) is 12.1 Å². The van der Waals surface area contributed by atoms with E-state index in [9.17, 15) is 4.79 Å². The monoisotopic (exact) mass is 472 g/mol. The van der Waals surface area contributed by atoms with Crippen molar-refractivity contribution in [2.45, 2.75) is 50.5 Å². The predicted octanol–water partition coefficient (Wildman–Crippen LogP) is 5.55. The highest BCUT2D eigenvalue weighted by atomic mass is 16.7. The first-order valence-corrected chi connectivity index (χ1v) is 12.6. The third-order valence-electron chi connectivity index (χ3n) is 9.05. The normalized spacial score (nSPS) is 32.8. The van der Waals surface area contributed by atoms with E-state index in [1.54, 1.807) is 24.3 Å². The lowest BCUT2D eigenvalue weighted by Gasteiger charge is -2.61. The molecule has 35 heavy (non-hydrogen) atoms. The minimum Gasteiger partial charge on any atom is -0.478 e. The van der Waals surface area contributed by atoms with E-state index in [0.29, 0.717) is 23.2 Å². The summed E-state index contributed by atoms with van der Waals surface area (Å²) in [4.78, 5) is 15.8. The molecule has 1 N–H and O–H groups in total. The summed E-state index contributed by atoms with van der Waals surface area (Å²) in [5.41, 5.74) is 3.23. The van der Waals surface area contributed by atoms with Crippen LogP contribution < -0.4 is 4.74 Å². The first-order valence-electron chi connectivity index (χ1n) is 12.6. The zero-order chi connectivity index (χ0) is 23.7. The molecule has 2 aromatic carbocycles. The lowest BCUT2D eigenvalue weighted by Crippen LogP contribution is -2.56. The third-order valence-corrected chi connectivity index (χ3v) is 9.05. The molecule has 180 valence electrons. The molecule has 2 aliphatic heterocycles. The molecular formula is C28H28N2O5. The van der Waals surface area contributed by atoms with Gasteiger partial charge in [0.25, 0.3) is 5.89 Å². The minimum absolute atomic E-state index is 0.147. The highest BCUT2D eigenvalue weighted by molar-refractivity contribution is 5.88. The van der Waals surface area contributed by atoms with Crippen molar-refractivity contribution in [3.05, 3.63) is 53.6 Å². The first kappa shape index (κ1) is 21.1. The van der Waals surface area contributed by atoms with Crippen molar-refractivity contribution in [3.63, 3.8) is 0 Å². The van der Waals surface area contributed by atoms with Crippen molar-refractivity contribution < 1.29 is 23.9 Å². The number of rotatable bonds is 3. The van der Waals surface area contributed by atoms with Crippen molar-refractivity contribution in [2.75, 3.05) is 6.79 Å². The molecular weight excluding hydrogens is 444 g/mol. The number of carboxylic acids is 1. The van der Waals surface area contributed by atoms with Gasteiger partial charge in [-0.25, -0.2) is 4.79 Å². The van der Waals surface area contributed by atoms with Crippen molar-refractivity contribution >= 4 is 5.97 Å². The lowest BCUT2D eigenvalue weighted by atomic mass is 9.44. The van der Waals surface area contributed by atoms with Gasteiger partial charge in [0.05, 0.1) is 11.7 Å². The molecule has 7 nitrogen and oxygen atoms in total. The fraction of sp³-hybridized carbons (Fsp3) is 0.464. The zero-order valence-electron chi connectivity index (χ0n) is 19.6. The Hall–Kier alpha value is -3.19. The maximum absolute atomic E-state index is 11.1. The molecule has 0 amide bonds. The largest absolute Gasteiger partial charge is 0.478 e. The number of aromatic carboxylic acids is 1. The second-order valence-corrected chi connectivity index (χ2v) is 11.0. The van der Waals surface area contributed by atoms with Crippen LogP contribution in [-0.4, -0.2) is 34.1 Å². The molecule has 3 aromatic rings. The Kier molecular flexibility index (Phi) is 4.62. The fourth-order valence-corrected chi connectivity index (χ4v) is 7.90. The van der Waals surface area contributed by atoms with Crippen molar-refractivity contribution in [1.82, 2.24) is 10.1 Å². The molecule has 3 heterocycles. The highest BCUT2D eigenvalue weighted by Gasteiger charge is 2.58. The molecule has 4 saturated carbocycles. The van der Waals surface area contributed by atoms with Crippen LogP contribution in [0.15, 0.2) is 47.0 Å². The predicted molar refractivity (Wildman–Crippen MR) is 127 cm³/mol. The number of hydrogen-bond acceptors (Lipinski definition) is 6. The fourth-order valence-electron chi connectivity index (χ4n) is 7.90. The van der Waals surface area contributed by atoms with Crippen LogP contribution in [0.5, 0.6) is 5.75 Å². The van der Waals surface area contributed by atoms with Gasteiger partial charge in [0.1, 0.15) is 5.75 Å². The van der Waals surface area contributed by atoms with E-state index in [0.717, 1.165) is 29.1 Å². The third kappa shape index (κ3) is 3.32. The smallest absolute Gasteiger partial charge is 0.335 e. The average Bonchev–Trinajstić information content (AvgIpc) is 3.33. The summed E-state index contributed by atoms with van der Waals surface area (Å²) in [7, 11) is 0. The number of carboxylic acid groups (broad SMARTS) is 1. The summed E-state index contributed by atoms with van der Waals surface area (Å²) in [5.74, 6) is 3.70. The van der Waals surface area contributed by atoms with Crippen molar-refractivity contribution in [2.24, 2.45) is 23.7 Å². The highest BCUT2D eigenvalue weighted by Crippen LogP contribution is 2.65. The Morgan fingerprint density at radius 3 is 2.51 bits per heavy atom. The van der Waals surface area contributed by atoms with Gasteiger partial charge < -0.3 is 19.1 Å². The molecule has 9 rings (SSSR count). The molecule has 0 radical (unpaired) electrons. The number of nitrogens with zero attached hydrogens (tertiary/aromatic N) is 2. The molecule has 1 spiro atoms. The minimum atomic E-state index is -0.965. The van der Waals surface area contributed by atoms with Gasteiger partial charge in [-0.05, 0) is 111 Å². The molecule has 4 fully saturated rings. The summed E-state index contributed by atoms with van der Waals surface area (Å²) in [6.07, 6.45) is 6.54. The summed E-state index contributed by atoms with van der Waals surface area (Å²) < 4.78 is 17.9. The van der Waals surface area contributed by atoms with E-state index < -0.39 is 5.97 Å². The van der Waals surface area contributed by atoms with Gasteiger partial charge in [-0.2, -0.15) is 4.98 Å². The number of hydrogen-bond donors (Lipinski definition) is 1. The number of aromatic nitrogens is 2. The van der Waals surface area contributed by atoms with Crippen LogP contribution in [-0.2, 0) is 10.2 Å². The van der Waals surface area contributed by atoms with Crippen LogP contribution in [0, 0.1) is 23.7 Å². The molecule has 6 aliphatic rings. The van der Waals surface area contributed by atoms with Crippen LogP contribution in [0.2, 0.25) is 0 Å². The Bertz CT molecular complexity index is 1280. The van der Waals surface area contributed by atoms with Gasteiger partial charge in [0.2, 0.25) is 5.82 Å².